The Morgan fingerprint density at radius 1 is 1.02 bits per heavy atom. The monoisotopic (exact) mass is 737 g/mol. The van der Waals surface area contributed by atoms with Gasteiger partial charge in [0.1, 0.15) is 23.7 Å². The van der Waals surface area contributed by atoms with Gasteiger partial charge >= 0.3 is 12.3 Å². The predicted octanol–water partition coefficient (Wildman–Crippen LogP) is 2.94. The van der Waals surface area contributed by atoms with Crippen molar-refractivity contribution in [3.8, 4) is 0 Å². The van der Waals surface area contributed by atoms with Crippen LogP contribution in [-0.4, -0.2) is 89.6 Å². The minimum absolute atomic E-state index is 0.0929. The lowest BCUT2D eigenvalue weighted by Gasteiger charge is -2.30. The molecule has 6 rings (SSSR count). The molecule has 3 fully saturated rings. The number of hydrogen-bond acceptors (Lipinski definition) is 8. The van der Waals surface area contributed by atoms with Gasteiger partial charge in [-0.15, -0.1) is 0 Å². The maximum Gasteiger partial charge on any atom is 0.410 e. The summed E-state index contributed by atoms with van der Waals surface area (Å²) in [6.07, 6.45) is -1.69. The van der Waals surface area contributed by atoms with Gasteiger partial charge in [0.15, 0.2) is 0 Å². The summed E-state index contributed by atoms with van der Waals surface area (Å²) < 4.78 is 72.0. The van der Waals surface area contributed by atoms with Crippen LogP contribution < -0.4 is 15.4 Å². The Balaban J connectivity index is 1.24. The maximum absolute atomic E-state index is 14.1. The second-order valence-electron chi connectivity index (χ2n) is 14.1. The van der Waals surface area contributed by atoms with E-state index in [0.717, 1.165) is 16.0 Å². The lowest BCUT2D eigenvalue weighted by Crippen LogP contribution is -2.58. The number of allylic oxidation sites excluding steroid dienone is 1. The van der Waals surface area contributed by atoms with Gasteiger partial charge in [-0.1, -0.05) is 49.3 Å². The molecule has 5 atom stereocenters. The molecule has 0 spiro atoms. The first kappa shape index (κ1) is 36.6. The molecule has 3 heterocycles. The number of fused-ring (bicyclic) bond motifs is 3. The van der Waals surface area contributed by atoms with Crippen LogP contribution in [0.3, 0.4) is 0 Å². The maximum atomic E-state index is 14.1. The van der Waals surface area contributed by atoms with Crippen molar-refractivity contribution in [3.63, 3.8) is 0 Å². The van der Waals surface area contributed by atoms with Crippen LogP contribution in [0, 0.1) is 5.92 Å². The highest BCUT2D eigenvalue weighted by atomic mass is 32.2. The van der Waals surface area contributed by atoms with Crippen molar-refractivity contribution >= 4 is 39.7 Å². The highest BCUT2D eigenvalue weighted by molar-refractivity contribution is 7.91. The predicted molar refractivity (Wildman–Crippen MR) is 175 cm³/mol. The molecule has 1 saturated heterocycles. The van der Waals surface area contributed by atoms with Crippen molar-refractivity contribution < 1.29 is 50.3 Å². The third kappa shape index (κ3) is 8.67. The molecule has 2 saturated carbocycles. The normalized spacial score (nSPS) is 28.4. The third-order valence-corrected chi connectivity index (χ3v) is 12.0. The molecule has 3 N–H and O–H groups in total. The molecule has 0 unspecified atom stereocenters. The minimum Gasteiger partial charge on any atom is -0.444 e. The van der Waals surface area contributed by atoms with Crippen molar-refractivity contribution in [2.24, 2.45) is 5.92 Å². The number of alkyl halides is 3. The lowest BCUT2D eigenvalue weighted by atomic mass is 10.0. The number of hydrogen-bond donors (Lipinski definition) is 3. The highest BCUT2D eigenvalue weighted by Crippen LogP contribution is 2.46. The zero-order valence-corrected chi connectivity index (χ0v) is 28.8. The molecule has 5 aliphatic rings. The van der Waals surface area contributed by atoms with E-state index in [1.165, 1.54) is 4.90 Å². The number of ether oxygens (including phenoxy) is 1. The van der Waals surface area contributed by atoms with Crippen LogP contribution in [0.25, 0.3) is 0 Å². The first-order valence-corrected chi connectivity index (χ1v) is 18.9. The van der Waals surface area contributed by atoms with Gasteiger partial charge in [0.05, 0.1) is 18.2 Å². The summed E-state index contributed by atoms with van der Waals surface area (Å²) >= 11 is 0. The fraction of sp³-hybridized carbons (Fsp3) is 0.618. The van der Waals surface area contributed by atoms with Gasteiger partial charge < -0.3 is 20.3 Å². The van der Waals surface area contributed by atoms with Crippen LogP contribution in [0.4, 0.5) is 18.0 Å². The van der Waals surface area contributed by atoms with Gasteiger partial charge in [0, 0.05) is 31.8 Å². The summed E-state index contributed by atoms with van der Waals surface area (Å²) in [7, 11) is -3.95. The zero-order chi connectivity index (χ0) is 36.6. The molecule has 0 bridgehead atoms. The van der Waals surface area contributed by atoms with Gasteiger partial charge in [-0.2, -0.15) is 13.2 Å². The second kappa shape index (κ2) is 14.5. The molecule has 278 valence electrons. The Kier molecular flexibility index (Phi) is 10.4. The van der Waals surface area contributed by atoms with Crippen LogP contribution in [0.2, 0.25) is 0 Å². The Morgan fingerprint density at radius 3 is 2.39 bits per heavy atom. The first-order chi connectivity index (χ1) is 24.1. The number of benzene rings is 1. The van der Waals surface area contributed by atoms with E-state index in [-0.39, 0.29) is 25.8 Å². The molecule has 0 aromatic heterocycles. The van der Waals surface area contributed by atoms with E-state index in [2.05, 4.69) is 15.4 Å². The van der Waals surface area contributed by atoms with E-state index in [1.54, 1.807) is 6.08 Å². The minimum atomic E-state index is -4.58. The van der Waals surface area contributed by atoms with E-state index >= 15 is 0 Å². The average Bonchev–Trinajstić information content (AvgIpc) is 3.96. The summed E-state index contributed by atoms with van der Waals surface area (Å²) in [5.41, 5.74) is 0.297. The molecule has 5 amide bonds. The number of rotatable bonds is 7. The summed E-state index contributed by atoms with van der Waals surface area (Å²) in [6, 6.07) is 4.92. The Hall–Kier alpha value is -4.15. The fourth-order valence-electron chi connectivity index (χ4n) is 7.05. The Morgan fingerprint density at radius 2 is 1.73 bits per heavy atom. The largest absolute Gasteiger partial charge is 0.444 e. The molecule has 17 heteroatoms. The van der Waals surface area contributed by atoms with Crippen LogP contribution in [0.1, 0.15) is 81.8 Å². The van der Waals surface area contributed by atoms with Crippen LogP contribution in [0.5, 0.6) is 0 Å². The standard InChI is InChI=1S/C34H42F3N5O8S/c35-34(36,37)15-14-28(43)38-26-11-5-3-1-2-4-10-23-17-33(23,31(46)40-51(48,49)25-12-13-25)39-29(44)27-16-24(20-42(27)30(26)45)50-32(47)41-18-21-8-6-7-9-22(21)19-41/h4,6-10,23-27H,1-3,5,11-20H2,(H,38,43)(H,39,44)(H,40,46)/t23-,24-,26-,27+,33-/m1/s1. The van der Waals surface area contributed by atoms with Crippen molar-refractivity contribution in [1.82, 2.24) is 25.2 Å². The van der Waals surface area contributed by atoms with Gasteiger partial charge in [-0.05, 0) is 49.7 Å². The lowest BCUT2D eigenvalue weighted by molar-refractivity contribution is -0.146. The van der Waals surface area contributed by atoms with Crippen LogP contribution in [0.15, 0.2) is 36.4 Å². The topological polar surface area (TPSA) is 171 Å². The van der Waals surface area contributed by atoms with Gasteiger partial charge in [-0.3, -0.25) is 28.8 Å². The van der Waals surface area contributed by atoms with E-state index < -0.39 is 93.7 Å². The SMILES string of the molecule is O=C(CCC(F)(F)F)N[C@@H]1CCCCCC=C[C@@H]2C[C@@]2(C(=O)NS(=O)(=O)C2CC2)NC(=O)[C@@H]2C[C@@H](OC(=O)N3Cc4ccccc4C3)CN2C1=O. The number of sulfonamides is 1. The zero-order valence-electron chi connectivity index (χ0n) is 28.0. The third-order valence-electron chi connectivity index (χ3n) is 10.2. The Labute approximate surface area is 293 Å². The van der Waals surface area contributed by atoms with E-state index in [4.69, 9.17) is 4.74 Å². The van der Waals surface area contributed by atoms with Crippen molar-refractivity contribution in [2.75, 3.05) is 6.54 Å². The summed E-state index contributed by atoms with van der Waals surface area (Å²) in [5, 5.41) is 4.47. The number of carbonyl (C=O) groups is 5. The number of amides is 5. The van der Waals surface area contributed by atoms with Crippen molar-refractivity contribution in [1.29, 1.82) is 0 Å². The van der Waals surface area contributed by atoms with Crippen molar-refractivity contribution in [2.45, 2.75) is 119 Å². The quantitative estimate of drug-likeness (QED) is 0.359. The molecule has 1 aromatic carbocycles. The summed E-state index contributed by atoms with van der Waals surface area (Å²) in [6.45, 7) is 0.351. The number of nitrogens with zero attached hydrogens (tertiary/aromatic N) is 2. The van der Waals surface area contributed by atoms with Gasteiger partial charge in [-0.25, -0.2) is 13.2 Å². The highest BCUT2D eigenvalue weighted by Gasteiger charge is 2.62. The molecule has 3 aliphatic heterocycles. The van der Waals surface area contributed by atoms with Crippen LogP contribution >= 0.6 is 0 Å². The number of halogens is 3. The van der Waals surface area contributed by atoms with E-state index in [9.17, 15) is 45.6 Å². The summed E-state index contributed by atoms with van der Waals surface area (Å²) in [5.74, 6) is -3.90. The van der Waals surface area contributed by atoms with E-state index in [1.807, 2.05) is 30.3 Å². The average molecular weight is 738 g/mol. The van der Waals surface area contributed by atoms with Crippen molar-refractivity contribution in [3.05, 3.63) is 47.5 Å². The number of nitrogens with one attached hydrogen (secondary N) is 3. The molecular weight excluding hydrogens is 695 g/mol. The van der Waals surface area contributed by atoms with Crippen LogP contribution in [-0.2, 0) is 47.0 Å². The molecule has 13 nitrogen and oxygen atoms in total. The molecule has 51 heavy (non-hydrogen) atoms. The first-order valence-electron chi connectivity index (χ1n) is 17.4. The molecule has 0 radical (unpaired) electrons. The second-order valence-corrected chi connectivity index (χ2v) is 16.1. The molecule has 1 aromatic rings. The summed E-state index contributed by atoms with van der Waals surface area (Å²) in [4.78, 5) is 70.3. The molecular formula is C34H42F3N5O8S. The Bertz CT molecular complexity index is 1670. The smallest absolute Gasteiger partial charge is 0.410 e. The van der Waals surface area contributed by atoms with Gasteiger partial charge in [0.2, 0.25) is 27.7 Å². The number of carbonyl (C=O) groups excluding carboxylic acids is 5. The fourth-order valence-corrected chi connectivity index (χ4v) is 8.41. The van der Waals surface area contributed by atoms with Gasteiger partial charge in [0.25, 0.3) is 5.91 Å². The molecule has 2 aliphatic carbocycles. The van der Waals surface area contributed by atoms with E-state index in [0.29, 0.717) is 51.6 Å².